The van der Waals surface area contributed by atoms with Gasteiger partial charge in [0.1, 0.15) is 5.69 Å². The fourth-order valence-corrected chi connectivity index (χ4v) is 3.72. The molecule has 2 aliphatic rings. The lowest BCUT2D eigenvalue weighted by molar-refractivity contribution is 0.0679. The molecule has 4 aromatic rings. The Morgan fingerprint density at radius 3 is 1.70 bits per heavy atom. The van der Waals surface area contributed by atoms with Gasteiger partial charge in [0.05, 0.1) is 18.9 Å². The average Bonchev–Trinajstić information content (AvgIpc) is 3.86. The number of ether oxygens (including phenoxy) is 2. The van der Waals surface area contributed by atoms with Crippen LogP contribution in [0.3, 0.4) is 0 Å². The number of carboxylic acids is 2. The highest BCUT2D eigenvalue weighted by molar-refractivity contribution is 5.86. The largest absolute Gasteiger partial charge is 0.477 e. The molecule has 0 unspecified atom stereocenters. The van der Waals surface area contributed by atoms with E-state index < -0.39 is 29.3 Å². The van der Waals surface area contributed by atoms with Crippen molar-refractivity contribution in [2.24, 2.45) is 11.8 Å². The van der Waals surface area contributed by atoms with Gasteiger partial charge in [-0.3, -0.25) is 0 Å². The summed E-state index contributed by atoms with van der Waals surface area (Å²) in [5.74, 6) is -2.51. The van der Waals surface area contributed by atoms with Crippen molar-refractivity contribution in [1.82, 2.24) is 19.6 Å². The van der Waals surface area contributed by atoms with Gasteiger partial charge in [-0.2, -0.15) is 14.9 Å². The van der Waals surface area contributed by atoms with Crippen molar-refractivity contribution in [3.05, 3.63) is 83.7 Å². The second-order valence-electron chi connectivity index (χ2n) is 9.58. The van der Waals surface area contributed by atoms with Crippen molar-refractivity contribution < 1.29 is 38.1 Å². The van der Waals surface area contributed by atoms with Gasteiger partial charge >= 0.3 is 11.9 Å². The maximum absolute atomic E-state index is 13.8. The fourth-order valence-electron chi connectivity index (χ4n) is 3.72. The highest BCUT2D eigenvalue weighted by Gasteiger charge is 2.26. The third kappa shape index (κ3) is 6.45. The highest BCUT2D eigenvalue weighted by atomic mass is 19.1. The number of aromatic carboxylic acids is 2. The minimum absolute atomic E-state index is 0.00495. The van der Waals surface area contributed by atoms with Gasteiger partial charge in [0.25, 0.3) is 0 Å². The third-order valence-corrected chi connectivity index (χ3v) is 6.27. The van der Waals surface area contributed by atoms with Gasteiger partial charge in [-0.1, -0.05) is 24.3 Å². The lowest BCUT2D eigenvalue weighted by atomic mass is 10.3. The minimum Gasteiger partial charge on any atom is -0.477 e. The van der Waals surface area contributed by atoms with Crippen LogP contribution >= 0.6 is 0 Å². The Bertz CT molecular complexity index is 1490. The number of halogens is 2. The number of rotatable bonds is 10. The second-order valence-corrected chi connectivity index (χ2v) is 9.58. The van der Waals surface area contributed by atoms with Crippen molar-refractivity contribution in [1.29, 1.82) is 0 Å². The number of aromatic nitrogens is 4. The first-order valence-corrected chi connectivity index (χ1v) is 12.7. The molecule has 0 saturated heterocycles. The first kappa shape index (κ1) is 26.9. The molecule has 208 valence electrons. The molecule has 0 bridgehead atoms. The molecular formula is C28H26F2N4O6. The van der Waals surface area contributed by atoms with E-state index in [9.17, 15) is 18.4 Å². The van der Waals surface area contributed by atoms with Gasteiger partial charge in [0.2, 0.25) is 11.8 Å². The summed E-state index contributed by atoms with van der Waals surface area (Å²) in [6, 6.07) is 15.4. The van der Waals surface area contributed by atoms with Crippen LogP contribution in [-0.2, 0) is 0 Å². The Labute approximate surface area is 227 Å². The summed E-state index contributed by atoms with van der Waals surface area (Å²) in [5.41, 5.74) is 0.00898. The summed E-state index contributed by atoms with van der Waals surface area (Å²) in [5, 5.41) is 25.8. The standard InChI is InChI=1S/C14H12F2N2O3.C14H14N2O3/c15-9-2-1-3-10(16)13(9)18-12(21-7-8-4-5-8)6-11(17-18)14(19)20;17-14(18)12-8-13(19-9-10-6-7-10)16(15-12)11-4-2-1-3-5-11/h1-3,6,8H,4-5,7H2,(H,19,20);1-5,8,10H,6-7,9H2,(H,17,18). The van der Waals surface area contributed by atoms with Gasteiger partial charge in [-0.25, -0.2) is 23.1 Å². The van der Waals surface area contributed by atoms with Gasteiger partial charge in [0.15, 0.2) is 23.0 Å². The van der Waals surface area contributed by atoms with E-state index in [0.717, 1.165) is 41.4 Å². The molecule has 2 heterocycles. The molecule has 12 heteroatoms. The Morgan fingerprint density at radius 2 is 1.23 bits per heavy atom. The lowest BCUT2D eigenvalue weighted by Crippen LogP contribution is -2.09. The second kappa shape index (κ2) is 11.6. The van der Waals surface area contributed by atoms with Crippen LogP contribution in [0.1, 0.15) is 46.7 Å². The quantitative estimate of drug-likeness (QED) is 0.281. The van der Waals surface area contributed by atoms with E-state index in [4.69, 9.17) is 19.7 Å². The van der Waals surface area contributed by atoms with Crippen LogP contribution in [0.25, 0.3) is 11.4 Å². The number of nitrogens with zero attached hydrogens (tertiary/aromatic N) is 4. The zero-order chi connectivity index (χ0) is 28.2. The van der Waals surface area contributed by atoms with E-state index in [0.29, 0.717) is 30.9 Å². The molecule has 2 N–H and O–H groups in total. The van der Waals surface area contributed by atoms with Gasteiger partial charge in [-0.15, -0.1) is 0 Å². The number of hydrogen-bond acceptors (Lipinski definition) is 6. The molecule has 0 amide bonds. The third-order valence-electron chi connectivity index (χ3n) is 6.27. The maximum Gasteiger partial charge on any atom is 0.356 e. The van der Waals surface area contributed by atoms with Gasteiger partial charge in [0, 0.05) is 12.1 Å². The van der Waals surface area contributed by atoms with Crippen molar-refractivity contribution in [3.8, 4) is 23.1 Å². The summed E-state index contributed by atoms with van der Waals surface area (Å²) in [7, 11) is 0. The minimum atomic E-state index is -1.29. The van der Waals surface area contributed by atoms with Crippen molar-refractivity contribution in [2.75, 3.05) is 13.2 Å². The summed E-state index contributed by atoms with van der Waals surface area (Å²) in [4.78, 5) is 22.0. The molecule has 2 aromatic heterocycles. The van der Waals surface area contributed by atoms with Crippen molar-refractivity contribution in [3.63, 3.8) is 0 Å². The van der Waals surface area contributed by atoms with E-state index in [-0.39, 0.29) is 17.3 Å². The van der Waals surface area contributed by atoms with Crippen LogP contribution < -0.4 is 9.47 Å². The molecule has 6 rings (SSSR count). The van der Waals surface area contributed by atoms with Crippen LogP contribution in [0, 0.1) is 23.5 Å². The molecule has 0 spiro atoms. The SMILES string of the molecule is O=C(O)c1cc(OCC2CC2)n(-c2c(F)cccc2F)n1.O=C(O)c1cc(OCC2CC2)n(-c2ccccc2)n1. The molecule has 0 radical (unpaired) electrons. The molecule has 2 aromatic carbocycles. The Balaban J connectivity index is 0.000000162. The number of carboxylic acid groups (broad SMARTS) is 2. The smallest absolute Gasteiger partial charge is 0.356 e. The van der Waals surface area contributed by atoms with Crippen LogP contribution in [0.4, 0.5) is 8.78 Å². The average molecular weight is 553 g/mol. The van der Waals surface area contributed by atoms with Crippen molar-refractivity contribution >= 4 is 11.9 Å². The molecule has 0 aliphatic heterocycles. The summed E-state index contributed by atoms with van der Waals surface area (Å²) in [6.45, 7) is 0.998. The van der Waals surface area contributed by atoms with E-state index in [1.807, 2.05) is 30.3 Å². The number of benzene rings is 2. The highest BCUT2D eigenvalue weighted by Crippen LogP contribution is 2.32. The van der Waals surface area contributed by atoms with Crippen LogP contribution in [0.2, 0.25) is 0 Å². The Hall–Kier alpha value is -4.74. The number of hydrogen-bond donors (Lipinski definition) is 2. The first-order chi connectivity index (χ1) is 19.3. The topological polar surface area (TPSA) is 129 Å². The fraction of sp³-hybridized carbons (Fsp3) is 0.286. The van der Waals surface area contributed by atoms with E-state index in [1.54, 1.807) is 0 Å². The Morgan fingerprint density at radius 1 is 0.750 bits per heavy atom. The lowest BCUT2D eigenvalue weighted by Gasteiger charge is -2.10. The van der Waals surface area contributed by atoms with Crippen molar-refractivity contribution in [2.45, 2.75) is 25.7 Å². The molecule has 40 heavy (non-hydrogen) atoms. The van der Waals surface area contributed by atoms with E-state index in [1.165, 1.54) is 29.7 Å². The van der Waals surface area contributed by atoms with E-state index >= 15 is 0 Å². The van der Waals surface area contributed by atoms with E-state index in [2.05, 4.69) is 10.2 Å². The molecule has 10 nitrogen and oxygen atoms in total. The maximum atomic E-state index is 13.8. The molecule has 2 fully saturated rings. The predicted molar refractivity (Wildman–Crippen MR) is 137 cm³/mol. The zero-order valence-electron chi connectivity index (χ0n) is 21.2. The normalized spacial score (nSPS) is 14.2. The molecule has 2 saturated carbocycles. The molecule has 2 aliphatic carbocycles. The van der Waals surface area contributed by atoms with Crippen LogP contribution in [0.15, 0.2) is 60.7 Å². The predicted octanol–water partition coefficient (Wildman–Crippen LogP) is 5.00. The monoisotopic (exact) mass is 552 g/mol. The van der Waals surface area contributed by atoms with Gasteiger partial charge < -0.3 is 19.7 Å². The summed E-state index contributed by atoms with van der Waals surface area (Å²) in [6.07, 6.45) is 4.44. The molecular weight excluding hydrogens is 526 g/mol. The first-order valence-electron chi connectivity index (χ1n) is 12.7. The summed E-state index contributed by atoms with van der Waals surface area (Å²) >= 11 is 0. The van der Waals surface area contributed by atoms with Crippen LogP contribution in [-0.4, -0.2) is 54.9 Å². The molecule has 0 atom stereocenters. The number of para-hydroxylation sites is 2. The van der Waals surface area contributed by atoms with Gasteiger partial charge in [-0.05, 0) is 61.8 Å². The zero-order valence-corrected chi connectivity index (χ0v) is 21.2. The summed E-state index contributed by atoms with van der Waals surface area (Å²) < 4.78 is 41.2. The van der Waals surface area contributed by atoms with Crippen LogP contribution in [0.5, 0.6) is 11.8 Å². The number of carbonyl (C=O) groups is 2. The Kier molecular flexibility index (Phi) is 7.76.